The van der Waals surface area contributed by atoms with E-state index in [4.69, 9.17) is 9.26 Å². The molecule has 0 atom stereocenters. The van der Waals surface area contributed by atoms with Crippen LogP contribution in [0.15, 0.2) is 39.2 Å². The van der Waals surface area contributed by atoms with Crippen molar-refractivity contribution >= 4 is 28.2 Å². The van der Waals surface area contributed by atoms with E-state index in [2.05, 4.69) is 34.5 Å². The lowest BCUT2D eigenvalue weighted by atomic mass is 10.1. The second kappa shape index (κ2) is 7.67. The highest BCUT2D eigenvalue weighted by Gasteiger charge is 2.12. The van der Waals surface area contributed by atoms with Crippen molar-refractivity contribution in [2.24, 2.45) is 0 Å². The number of nitrogens with zero attached hydrogens (tertiary/aromatic N) is 3. The third-order valence-electron chi connectivity index (χ3n) is 3.10. The number of ether oxygens (including phenoxy) is 1. The molecule has 8 heteroatoms. The average molecular weight is 362 g/mol. The maximum absolute atomic E-state index is 5.43. The topological polar surface area (TPSA) is 73.1 Å². The lowest BCUT2D eigenvalue weighted by Gasteiger charge is -2.03. The Bertz CT molecular complexity index is 801. The van der Waals surface area contributed by atoms with E-state index < -0.39 is 0 Å². The van der Waals surface area contributed by atoms with E-state index in [1.165, 1.54) is 11.3 Å². The van der Waals surface area contributed by atoms with Crippen molar-refractivity contribution in [2.45, 2.75) is 30.0 Å². The van der Waals surface area contributed by atoms with Gasteiger partial charge in [-0.2, -0.15) is 0 Å². The molecule has 3 rings (SSSR count). The second-order valence-corrected chi connectivity index (χ2v) is 7.54. The highest BCUT2D eigenvalue weighted by Crippen LogP contribution is 2.32. The predicted molar refractivity (Wildman–Crippen MR) is 96.7 cm³/mol. The quantitative estimate of drug-likeness (QED) is 0.628. The van der Waals surface area contributed by atoms with Crippen molar-refractivity contribution in [3.63, 3.8) is 0 Å². The molecule has 2 heterocycles. The summed E-state index contributed by atoms with van der Waals surface area (Å²) in [6.07, 6.45) is 0. The zero-order valence-electron chi connectivity index (χ0n) is 13.6. The van der Waals surface area contributed by atoms with Gasteiger partial charge in [0, 0.05) is 17.7 Å². The van der Waals surface area contributed by atoms with Gasteiger partial charge in [-0.3, -0.25) is 0 Å². The molecule has 2 aromatic heterocycles. The number of thioether (sulfide) groups is 1. The maximum Gasteiger partial charge on any atom is 0.206 e. The predicted octanol–water partition coefficient (Wildman–Crippen LogP) is 4.31. The van der Waals surface area contributed by atoms with Crippen molar-refractivity contribution in [1.29, 1.82) is 0 Å². The van der Waals surface area contributed by atoms with Gasteiger partial charge in [-0.1, -0.05) is 40.4 Å². The van der Waals surface area contributed by atoms with E-state index >= 15 is 0 Å². The molecule has 1 N–H and O–H groups in total. The van der Waals surface area contributed by atoms with E-state index in [-0.39, 0.29) is 0 Å². The van der Waals surface area contributed by atoms with Crippen LogP contribution in [-0.2, 0) is 5.75 Å². The van der Waals surface area contributed by atoms with Gasteiger partial charge in [0.1, 0.15) is 17.2 Å². The molecule has 0 saturated heterocycles. The van der Waals surface area contributed by atoms with Gasteiger partial charge in [-0.25, -0.2) is 0 Å². The number of methoxy groups -OCH3 is 1. The fourth-order valence-corrected chi connectivity index (χ4v) is 3.84. The number of hydrogen-bond acceptors (Lipinski definition) is 8. The minimum absolute atomic E-state index is 0.341. The summed E-state index contributed by atoms with van der Waals surface area (Å²) >= 11 is 3.12. The minimum atomic E-state index is 0.341. The summed E-state index contributed by atoms with van der Waals surface area (Å²) in [4.78, 5) is 0. The molecule has 0 saturated carbocycles. The van der Waals surface area contributed by atoms with Gasteiger partial charge in [0.15, 0.2) is 4.34 Å². The van der Waals surface area contributed by atoms with Crippen LogP contribution in [0.1, 0.15) is 19.6 Å². The fourth-order valence-electron chi connectivity index (χ4n) is 2.07. The Morgan fingerprint density at radius 2 is 2.12 bits per heavy atom. The van der Waals surface area contributed by atoms with Crippen LogP contribution in [0.5, 0.6) is 5.75 Å². The first-order valence-electron chi connectivity index (χ1n) is 7.47. The van der Waals surface area contributed by atoms with Crippen molar-refractivity contribution < 1.29 is 9.26 Å². The normalized spacial score (nSPS) is 11.0. The summed E-state index contributed by atoms with van der Waals surface area (Å²) in [6.45, 7) is 4.14. The lowest BCUT2D eigenvalue weighted by Crippen LogP contribution is -2.08. The summed E-state index contributed by atoms with van der Waals surface area (Å²) in [5.41, 5.74) is 1.68. The molecule has 0 aliphatic heterocycles. The van der Waals surface area contributed by atoms with Gasteiger partial charge in [0.05, 0.1) is 12.9 Å². The molecule has 0 spiro atoms. The number of anilines is 1. The van der Waals surface area contributed by atoms with Crippen LogP contribution < -0.4 is 10.1 Å². The SMILES string of the molecule is COc1ccccc1-c1cc(CSc2nnc(NC(C)C)s2)on1. The molecular formula is C16H18N4O2S2. The summed E-state index contributed by atoms with van der Waals surface area (Å²) < 4.78 is 11.7. The molecule has 0 aliphatic carbocycles. The number of hydrogen-bond donors (Lipinski definition) is 1. The van der Waals surface area contributed by atoms with Crippen molar-refractivity contribution in [1.82, 2.24) is 15.4 Å². The van der Waals surface area contributed by atoms with Gasteiger partial charge < -0.3 is 14.6 Å². The zero-order chi connectivity index (χ0) is 16.9. The molecule has 126 valence electrons. The molecule has 0 fully saturated rings. The Morgan fingerprint density at radius 3 is 2.92 bits per heavy atom. The summed E-state index contributed by atoms with van der Waals surface area (Å²) in [7, 11) is 1.65. The van der Waals surface area contributed by atoms with Gasteiger partial charge >= 0.3 is 0 Å². The van der Waals surface area contributed by atoms with E-state index in [9.17, 15) is 0 Å². The first-order chi connectivity index (χ1) is 11.7. The molecule has 6 nitrogen and oxygen atoms in total. The third kappa shape index (κ3) is 4.07. The molecular weight excluding hydrogens is 344 g/mol. The minimum Gasteiger partial charge on any atom is -0.496 e. The highest BCUT2D eigenvalue weighted by atomic mass is 32.2. The van der Waals surface area contributed by atoms with E-state index in [1.807, 2.05) is 30.3 Å². The van der Waals surface area contributed by atoms with Crippen LogP contribution in [0.3, 0.4) is 0 Å². The van der Waals surface area contributed by atoms with Crippen molar-refractivity contribution in [2.75, 3.05) is 12.4 Å². The van der Waals surface area contributed by atoms with E-state index in [1.54, 1.807) is 18.9 Å². The van der Waals surface area contributed by atoms with E-state index in [0.29, 0.717) is 11.8 Å². The van der Waals surface area contributed by atoms with Gasteiger partial charge in [0.25, 0.3) is 0 Å². The molecule has 3 aromatic rings. The Balaban J connectivity index is 1.65. The molecule has 0 bridgehead atoms. The van der Waals surface area contributed by atoms with E-state index in [0.717, 1.165) is 32.2 Å². The van der Waals surface area contributed by atoms with Crippen LogP contribution in [0, 0.1) is 0 Å². The van der Waals surface area contributed by atoms with Gasteiger partial charge in [-0.15, -0.1) is 10.2 Å². The largest absolute Gasteiger partial charge is 0.496 e. The smallest absolute Gasteiger partial charge is 0.206 e. The van der Waals surface area contributed by atoms with Crippen molar-refractivity contribution in [3.8, 4) is 17.0 Å². The molecule has 0 aliphatic rings. The number of rotatable bonds is 7. The van der Waals surface area contributed by atoms with Crippen LogP contribution in [0.25, 0.3) is 11.3 Å². The maximum atomic E-state index is 5.43. The Hall–Kier alpha value is -2.06. The van der Waals surface area contributed by atoms with Crippen molar-refractivity contribution in [3.05, 3.63) is 36.1 Å². The fraction of sp³-hybridized carbons (Fsp3) is 0.312. The molecule has 24 heavy (non-hydrogen) atoms. The Morgan fingerprint density at radius 1 is 1.29 bits per heavy atom. The zero-order valence-corrected chi connectivity index (χ0v) is 15.3. The number of para-hydroxylation sites is 1. The Labute approximate surface area is 148 Å². The third-order valence-corrected chi connectivity index (χ3v) is 5.11. The first-order valence-corrected chi connectivity index (χ1v) is 9.27. The summed E-state index contributed by atoms with van der Waals surface area (Å²) in [5, 5.41) is 16.5. The molecule has 0 radical (unpaired) electrons. The number of nitrogens with one attached hydrogen (secondary N) is 1. The highest BCUT2D eigenvalue weighted by molar-refractivity contribution is 8.00. The van der Waals surface area contributed by atoms with Gasteiger partial charge in [-0.05, 0) is 26.0 Å². The standard InChI is InChI=1S/C16H18N4O2S2/c1-10(2)17-15-18-19-16(24-15)23-9-11-8-13(20-22-11)12-6-4-5-7-14(12)21-3/h4-8,10H,9H2,1-3H3,(H,17,18). The van der Waals surface area contributed by atoms with Crippen LogP contribution in [0.4, 0.5) is 5.13 Å². The number of aromatic nitrogens is 3. The Kier molecular flexibility index (Phi) is 5.37. The molecule has 1 aromatic carbocycles. The molecule has 0 unspecified atom stereocenters. The number of benzene rings is 1. The first kappa shape index (κ1) is 16.8. The lowest BCUT2D eigenvalue weighted by molar-refractivity contribution is 0.395. The second-order valence-electron chi connectivity index (χ2n) is 5.34. The van der Waals surface area contributed by atoms with Gasteiger partial charge in [0.2, 0.25) is 5.13 Å². The monoisotopic (exact) mass is 362 g/mol. The average Bonchev–Trinajstić information content (AvgIpc) is 3.21. The summed E-state index contributed by atoms with van der Waals surface area (Å²) in [5.74, 6) is 2.21. The van der Waals surface area contributed by atoms with Crippen LogP contribution in [-0.4, -0.2) is 28.5 Å². The van der Waals surface area contributed by atoms with Crippen LogP contribution >= 0.6 is 23.1 Å². The van der Waals surface area contributed by atoms with Crippen LogP contribution in [0.2, 0.25) is 0 Å². The summed E-state index contributed by atoms with van der Waals surface area (Å²) in [6, 6.07) is 10.0. The molecule has 0 amide bonds.